The van der Waals surface area contributed by atoms with Crippen LogP contribution in [-0.4, -0.2) is 34.0 Å². The molecule has 0 saturated heterocycles. The molecule has 4 nitrogen and oxygen atoms in total. The van der Waals surface area contributed by atoms with Crippen LogP contribution in [0.25, 0.3) is 0 Å². The highest BCUT2D eigenvalue weighted by Gasteiger charge is 2.57. The van der Waals surface area contributed by atoms with Crippen LogP contribution in [0.2, 0.25) is 0 Å². The van der Waals surface area contributed by atoms with Gasteiger partial charge in [-0.2, -0.15) is 0 Å². The summed E-state index contributed by atoms with van der Waals surface area (Å²) in [5, 5.41) is 20.4. The third-order valence-electron chi connectivity index (χ3n) is 8.84. The average Bonchev–Trinajstić information content (AvgIpc) is 3.01. The minimum Gasteiger partial charge on any atom is -0.474 e. The van der Waals surface area contributed by atoms with Crippen LogP contribution in [-0.2, 0) is 0 Å². The Morgan fingerprint density at radius 3 is 2.72 bits per heavy atom. The lowest BCUT2D eigenvalue weighted by molar-refractivity contribution is -0.113. The normalized spacial score (nSPS) is 42.5. The minimum absolute atomic E-state index is 0.0260. The summed E-state index contributed by atoms with van der Waals surface area (Å²) in [5.41, 5.74) is 1.61. The second kappa shape index (κ2) is 8.03. The highest BCUT2D eigenvalue weighted by molar-refractivity contribution is 5.21. The van der Waals surface area contributed by atoms with E-state index in [1.807, 2.05) is 18.2 Å². The van der Waals surface area contributed by atoms with Crippen LogP contribution in [0.1, 0.15) is 65.2 Å². The number of aliphatic hydroxyl groups excluding tert-OH is 2. The SMILES string of the molecule is C=C1CC[C@H]2[C@H](CCO)[C@@H]([C@@]3(C)CC[C@H](O)C[C@@H]3Oc3ccccn3)CC[C@]12C. The van der Waals surface area contributed by atoms with Crippen LogP contribution < -0.4 is 4.74 Å². The molecule has 0 aliphatic heterocycles. The van der Waals surface area contributed by atoms with Gasteiger partial charge in [-0.25, -0.2) is 4.98 Å². The third-order valence-corrected chi connectivity index (χ3v) is 8.84. The van der Waals surface area contributed by atoms with Gasteiger partial charge in [0.05, 0.1) is 6.10 Å². The Hall–Kier alpha value is -1.39. The van der Waals surface area contributed by atoms with Crippen LogP contribution in [0.4, 0.5) is 0 Å². The molecule has 4 rings (SSSR count). The van der Waals surface area contributed by atoms with Gasteiger partial charge in [0.15, 0.2) is 0 Å². The van der Waals surface area contributed by atoms with E-state index < -0.39 is 0 Å². The van der Waals surface area contributed by atoms with Gasteiger partial charge in [-0.15, -0.1) is 0 Å². The Morgan fingerprint density at radius 1 is 1.17 bits per heavy atom. The summed E-state index contributed by atoms with van der Waals surface area (Å²) < 4.78 is 6.43. The van der Waals surface area contributed by atoms with E-state index in [0.29, 0.717) is 30.1 Å². The smallest absolute Gasteiger partial charge is 0.213 e. The first-order chi connectivity index (χ1) is 13.9. The van der Waals surface area contributed by atoms with Crippen molar-refractivity contribution in [2.45, 2.75) is 77.4 Å². The van der Waals surface area contributed by atoms with Crippen LogP contribution in [0, 0.1) is 28.6 Å². The van der Waals surface area contributed by atoms with E-state index in [4.69, 9.17) is 4.74 Å². The molecule has 1 aromatic rings. The largest absolute Gasteiger partial charge is 0.474 e. The van der Waals surface area contributed by atoms with Gasteiger partial charge < -0.3 is 14.9 Å². The Morgan fingerprint density at radius 2 is 2.00 bits per heavy atom. The zero-order valence-corrected chi connectivity index (χ0v) is 18.0. The second-order valence-electron chi connectivity index (χ2n) is 10.2. The molecule has 3 aliphatic carbocycles. The molecule has 3 fully saturated rings. The van der Waals surface area contributed by atoms with Crippen molar-refractivity contribution in [2.75, 3.05) is 6.61 Å². The first kappa shape index (κ1) is 20.9. The first-order valence-electron chi connectivity index (χ1n) is 11.4. The van der Waals surface area contributed by atoms with Crippen molar-refractivity contribution < 1.29 is 14.9 Å². The molecule has 0 bridgehead atoms. The molecule has 3 aliphatic rings. The monoisotopic (exact) mass is 399 g/mol. The van der Waals surface area contributed by atoms with E-state index in [2.05, 4.69) is 25.4 Å². The summed E-state index contributed by atoms with van der Waals surface area (Å²) in [7, 11) is 0. The zero-order valence-electron chi connectivity index (χ0n) is 18.0. The van der Waals surface area contributed by atoms with Gasteiger partial charge in [0.1, 0.15) is 6.10 Å². The lowest BCUT2D eigenvalue weighted by Gasteiger charge is -2.56. The fourth-order valence-corrected chi connectivity index (χ4v) is 7.01. The molecule has 29 heavy (non-hydrogen) atoms. The summed E-state index contributed by atoms with van der Waals surface area (Å²) in [6.07, 6.45) is 9.34. The van der Waals surface area contributed by atoms with Gasteiger partial charge in [0.25, 0.3) is 0 Å². The van der Waals surface area contributed by atoms with Gasteiger partial charge in [0, 0.05) is 30.7 Å². The quantitative estimate of drug-likeness (QED) is 0.701. The lowest BCUT2D eigenvalue weighted by Crippen LogP contribution is -2.54. The summed E-state index contributed by atoms with van der Waals surface area (Å²) in [5.74, 6) is 2.21. The molecule has 1 aromatic heterocycles. The van der Waals surface area contributed by atoms with Crippen molar-refractivity contribution in [3.8, 4) is 5.88 Å². The number of aromatic nitrogens is 1. The Labute approximate surface area is 175 Å². The fourth-order valence-electron chi connectivity index (χ4n) is 7.01. The number of fused-ring (bicyclic) bond motifs is 1. The molecular formula is C25H37NO3. The van der Waals surface area contributed by atoms with Crippen LogP contribution in [0.3, 0.4) is 0 Å². The topological polar surface area (TPSA) is 62.6 Å². The molecule has 1 heterocycles. The van der Waals surface area contributed by atoms with E-state index in [1.165, 1.54) is 18.4 Å². The van der Waals surface area contributed by atoms with E-state index in [-0.39, 0.29) is 29.6 Å². The fraction of sp³-hybridized carbons (Fsp3) is 0.720. The molecule has 160 valence electrons. The van der Waals surface area contributed by atoms with Crippen LogP contribution in [0.15, 0.2) is 36.5 Å². The van der Waals surface area contributed by atoms with Crippen molar-refractivity contribution in [3.05, 3.63) is 36.5 Å². The number of ether oxygens (including phenoxy) is 1. The molecule has 2 N–H and O–H groups in total. The van der Waals surface area contributed by atoms with E-state index in [0.717, 1.165) is 32.1 Å². The Bertz CT molecular complexity index is 722. The van der Waals surface area contributed by atoms with Gasteiger partial charge in [0.2, 0.25) is 5.88 Å². The summed E-state index contributed by atoms with van der Waals surface area (Å²) >= 11 is 0. The molecular weight excluding hydrogens is 362 g/mol. The molecule has 4 heteroatoms. The van der Waals surface area contributed by atoms with Crippen molar-refractivity contribution >= 4 is 0 Å². The van der Waals surface area contributed by atoms with Crippen LogP contribution >= 0.6 is 0 Å². The van der Waals surface area contributed by atoms with Crippen molar-refractivity contribution in [2.24, 2.45) is 28.6 Å². The molecule has 0 spiro atoms. The van der Waals surface area contributed by atoms with Gasteiger partial charge in [-0.3, -0.25) is 0 Å². The Kier molecular flexibility index (Phi) is 5.78. The third kappa shape index (κ3) is 3.63. The van der Waals surface area contributed by atoms with Crippen LogP contribution in [0.5, 0.6) is 5.88 Å². The molecule has 0 aromatic carbocycles. The Balaban J connectivity index is 1.64. The average molecular weight is 400 g/mol. The maximum atomic E-state index is 10.4. The molecule has 0 unspecified atom stereocenters. The standard InChI is InChI=1S/C25H37NO3/c1-17-7-8-20-19(11-15-27)21(10-13-24(17,20)2)25(3)12-9-18(28)16-22(25)29-23-6-4-5-14-26-23/h4-6,14,18-22,27-28H,1,7-13,15-16H2,2-3H3/t18-,19-,20-,21-,22-,24+,25+/m0/s1. The van der Waals surface area contributed by atoms with Crippen molar-refractivity contribution in [1.82, 2.24) is 4.98 Å². The highest BCUT2D eigenvalue weighted by atomic mass is 16.5. The molecule has 7 atom stereocenters. The zero-order chi connectivity index (χ0) is 20.6. The van der Waals surface area contributed by atoms with Gasteiger partial charge >= 0.3 is 0 Å². The van der Waals surface area contributed by atoms with Crippen molar-refractivity contribution in [3.63, 3.8) is 0 Å². The van der Waals surface area contributed by atoms with Gasteiger partial charge in [-0.1, -0.05) is 32.1 Å². The van der Waals surface area contributed by atoms with Gasteiger partial charge in [-0.05, 0) is 74.2 Å². The number of rotatable bonds is 5. The lowest BCUT2D eigenvalue weighted by atomic mass is 9.50. The number of pyridine rings is 1. The van der Waals surface area contributed by atoms with E-state index >= 15 is 0 Å². The summed E-state index contributed by atoms with van der Waals surface area (Å²) in [4.78, 5) is 4.38. The number of aliphatic hydroxyl groups is 2. The first-order valence-corrected chi connectivity index (χ1v) is 11.4. The molecule has 0 radical (unpaired) electrons. The highest BCUT2D eigenvalue weighted by Crippen LogP contribution is 2.63. The number of nitrogens with zero attached hydrogens (tertiary/aromatic N) is 1. The van der Waals surface area contributed by atoms with E-state index in [1.54, 1.807) is 6.20 Å². The summed E-state index contributed by atoms with van der Waals surface area (Å²) in [6, 6.07) is 5.75. The maximum absolute atomic E-state index is 10.4. The predicted molar refractivity (Wildman–Crippen MR) is 115 cm³/mol. The van der Waals surface area contributed by atoms with Crippen molar-refractivity contribution in [1.29, 1.82) is 0 Å². The predicted octanol–water partition coefficient (Wildman–Crippen LogP) is 4.76. The molecule has 3 saturated carbocycles. The van der Waals surface area contributed by atoms with E-state index in [9.17, 15) is 10.2 Å². The number of hydrogen-bond donors (Lipinski definition) is 2. The number of allylic oxidation sites excluding steroid dienone is 1. The summed E-state index contributed by atoms with van der Waals surface area (Å²) in [6.45, 7) is 9.43. The maximum Gasteiger partial charge on any atom is 0.213 e. The molecule has 0 amide bonds. The number of hydrogen-bond acceptors (Lipinski definition) is 4. The minimum atomic E-state index is -0.312. The second-order valence-corrected chi connectivity index (χ2v) is 10.2.